The van der Waals surface area contributed by atoms with Crippen LogP contribution in [0.1, 0.15) is 21.7 Å². The number of anilines is 1. The predicted molar refractivity (Wildman–Crippen MR) is 81.6 cm³/mol. The maximum Gasteiger partial charge on any atom is 0.205 e. The Morgan fingerprint density at radius 1 is 1.48 bits per heavy atom. The molecule has 0 bridgehead atoms. The highest BCUT2D eigenvalue weighted by atomic mass is 32.1. The lowest BCUT2D eigenvalue weighted by Gasteiger charge is -2.28. The van der Waals surface area contributed by atoms with E-state index in [-0.39, 0.29) is 5.78 Å². The Hall–Kier alpha value is -2.05. The Balaban J connectivity index is 1.88. The number of carbonyl (C=O) groups is 1. The van der Waals surface area contributed by atoms with Crippen LogP contribution < -0.4 is 4.90 Å². The van der Waals surface area contributed by atoms with Crippen molar-refractivity contribution in [3.63, 3.8) is 0 Å². The normalized spacial score (nSPS) is 23.8. The summed E-state index contributed by atoms with van der Waals surface area (Å²) >= 11 is 1.48. The molecule has 2 aliphatic heterocycles. The third-order valence-electron chi connectivity index (χ3n) is 3.94. The van der Waals surface area contributed by atoms with Gasteiger partial charge in [0.25, 0.3) is 0 Å². The Morgan fingerprint density at radius 2 is 2.33 bits per heavy atom. The van der Waals surface area contributed by atoms with E-state index in [1.54, 1.807) is 12.4 Å². The summed E-state index contributed by atoms with van der Waals surface area (Å²) in [4.78, 5) is 24.2. The number of carbonyl (C=O) groups excluding carboxylic acids is 1. The van der Waals surface area contributed by atoms with Crippen LogP contribution in [-0.2, 0) is 0 Å². The minimum atomic E-state index is -1.50. The van der Waals surface area contributed by atoms with Crippen molar-refractivity contribution < 1.29 is 9.90 Å². The van der Waals surface area contributed by atoms with E-state index >= 15 is 0 Å². The molecule has 0 radical (unpaired) electrons. The molecule has 4 rings (SSSR count). The largest absolute Gasteiger partial charge is 0.374 e. The lowest BCUT2D eigenvalue weighted by molar-refractivity contribution is 0.0603. The SMILES string of the molecule is Cc1cc2c(s1)N=C1N(c3cccnc3)CCC1(O)C2=O. The average molecular weight is 299 g/mol. The second-order valence-electron chi connectivity index (χ2n) is 5.31. The van der Waals surface area contributed by atoms with E-state index in [1.165, 1.54) is 11.3 Å². The summed E-state index contributed by atoms with van der Waals surface area (Å²) in [5.41, 5.74) is -0.121. The van der Waals surface area contributed by atoms with Crippen LogP contribution in [0.3, 0.4) is 0 Å². The summed E-state index contributed by atoms with van der Waals surface area (Å²) in [5, 5.41) is 11.5. The summed E-state index contributed by atoms with van der Waals surface area (Å²) in [6.07, 6.45) is 3.77. The van der Waals surface area contributed by atoms with Crippen LogP contribution >= 0.6 is 11.3 Å². The van der Waals surface area contributed by atoms with Crippen LogP contribution in [0.5, 0.6) is 0 Å². The number of fused-ring (bicyclic) bond motifs is 2. The van der Waals surface area contributed by atoms with Crippen molar-refractivity contribution in [3.05, 3.63) is 41.0 Å². The molecule has 1 N–H and O–H groups in total. The smallest absolute Gasteiger partial charge is 0.205 e. The fraction of sp³-hybridized carbons (Fsp3) is 0.267. The van der Waals surface area contributed by atoms with Crippen LogP contribution in [0.4, 0.5) is 10.7 Å². The molecule has 2 aromatic rings. The fourth-order valence-electron chi connectivity index (χ4n) is 2.91. The predicted octanol–water partition coefficient (Wildman–Crippen LogP) is 2.32. The molecule has 1 saturated heterocycles. The number of hydrogen-bond donors (Lipinski definition) is 1. The number of Topliss-reactive ketones (excluding diaryl/α,β-unsaturated/α-hetero) is 1. The number of nitrogens with zero attached hydrogens (tertiary/aromatic N) is 3. The van der Waals surface area contributed by atoms with Crippen molar-refractivity contribution in [2.45, 2.75) is 18.9 Å². The molecule has 106 valence electrons. The Kier molecular flexibility index (Phi) is 2.55. The maximum absolute atomic E-state index is 12.6. The molecule has 0 spiro atoms. The van der Waals surface area contributed by atoms with Crippen LogP contribution in [0.25, 0.3) is 0 Å². The number of aliphatic imine (C=N–C) groups is 1. The summed E-state index contributed by atoms with van der Waals surface area (Å²) in [7, 11) is 0. The van der Waals surface area contributed by atoms with Gasteiger partial charge in [-0.1, -0.05) is 0 Å². The van der Waals surface area contributed by atoms with Gasteiger partial charge in [-0.2, -0.15) is 0 Å². The molecule has 2 aliphatic rings. The van der Waals surface area contributed by atoms with Crippen LogP contribution in [0, 0.1) is 6.92 Å². The molecule has 6 heteroatoms. The molecule has 2 aromatic heterocycles. The van der Waals surface area contributed by atoms with Gasteiger partial charge in [0.15, 0.2) is 11.4 Å². The third-order valence-corrected chi connectivity index (χ3v) is 4.89. The number of amidine groups is 1. The van der Waals surface area contributed by atoms with Gasteiger partial charge >= 0.3 is 0 Å². The van der Waals surface area contributed by atoms with Gasteiger partial charge in [0.05, 0.1) is 17.4 Å². The quantitative estimate of drug-likeness (QED) is 0.877. The van der Waals surface area contributed by atoms with E-state index in [9.17, 15) is 9.90 Å². The molecular formula is C15H13N3O2S. The van der Waals surface area contributed by atoms with Gasteiger partial charge in [-0.25, -0.2) is 4.99 Å². The number of aliphatic hydroxyl groups is 1. The first kappa shape index (κ1) is 12.7. The van der Waals surface area contributed by atoms with Crippen LogP contribution in [0.15, 0.2) is 35.6 Å². The van der Waals surface area contributed by atoms with Crippen LogP contribution in [0.2, 0.25) is 0 Å². The molecule has 0 aromatic carbocycles. The first-order valence-corrected chi connectivity index (χ1v) is 7.55. The monoisotopic (exact) mass is 299 g/mol. The third kappa shape index (κ3) is 1.69. The molecule has 1 atom stereocenters. The zero-order chi connectivity index (χ0) is 14.6. The second kappa shape index (κ2) is 4.22. The lowest BCUT2D eigenvalue weighted by atomic mass is 9.90. The molecule has 4 heterocycles. The number of rotatable bonds is 1. The van der Waals surface area contributed by atoms with E-state index in [4.69, 9.17) is 0 Å². The van der Waals surface area contributed by atoms with Gasteiger partial charge in [-0.15, -0.1) is 11.3 Å². The molecule has 1 unspecified atom stereocenters. The number of hydrogen-bond acceptors (Lipinski definition) is 6. The maximum atomic E-state index is 12.6. The van der Waals surface area contributed by atoms with Crippen molar-refractivity contribution in [2.75, 3.05) is 11.4 Å². The van der Waals surface area contributed by atoms with E-state index in [0.29, 0.717) is 29.4 Å². The van der Waals surface area contributed by atoms with Crippen LogP contribution in [-0.4, -0.2) is 33.9 Å². The summed E-state index contributed by atoms with van der Waals surface area (Å²) in [6, 6.07) is 5.55. The first-order valence-electron chi connectivity index (χ1n) is 6.74. The highest BCUT2D eigenvalue weighted by molar-refractivity contribution is 7.16. The molecule has 0 amide bonds. The minimum absolute atomic E-state index is 0.238. The summed E-state index contributed by atoms with van der Waals surface area (Å²) in [6.45, 7) is 2.50. The van der Waals surface area contributed by atoms with Gasteiger partial charge in [-0.05, 0) is 25.1 Å². The molecule has 5 nitrogen and oxygen atoms in total. The fourth-order valence-corrected chi connectivity index (χ4v) is 3.79. The number of aromatic nitrogens is 1. The van der Waals surface area contributed by atoms with Crippen molar-refractivity contribution >= 4 is 33.6 Å². The van der Waals surface area contributed by atoms with Crippen molar-refractivity contribution in [1.29, 1.82) is 0 Å². The van der Waals surface area contributed by atoms with Crippen molar-refractivity contribution in [3.8, 4) is 0 Å². The van der Waals surface area contributed by atoms with E-state index < -0.39 is 5.60 Å². The summed E-state index contributed by atoms with van der Waals surface area (Å²) < 4.78 is 0. The van der Waals surface area contributed by atoms with Gasteiger partial charge in [0, 0.05) is 24.0 Å². The Labute approximate surface area is 125 Å². The summed E-state index contributed by atoms with van der Waals surface area (Å²) in [5.74, 6) is 0.188. The number of aryl methyl sites for hydroxylation is 1. The molecule has 0 saturated carbocycles. The van der Waals surface area contributed by atoms with E-state index in [2.05, 4.69) is 9.98 Å². The highest BCUT2D eigenvalue weighted by Gasteiger charge is 2.52. The lowest BCUT2D eigenvalue weighted by Crippen LogP contribution is -2.48. The number of pyridine rings is 1. The topological polar surface area (TPSA) is 65.8 Å². The molecular weight excluding hydrogens is 286 g/mol. The number of thiophene rings is 1. The van der Waals surface area contributed by atoms with E-state index in [0.717, 1.165) is 10.6 Å². The van der Waals surface area contributed by atoms with Gasteiger partial charge in [0.2, 0.25) is 5.78 Å². The Morgan fingerprint density at radius 3 is 3.10 bits per heavy atom. The van der Waals surface area contributed by atoms with E-state index in [1.807, 2.05) is 30.0 Å². The zero-order valence-corrected chi connectivity index (χ0v) is 12.2. The first-order chi connectivity index (χ1) is 10.1. The second-order valence-corrected chi connectivity index (χ2v) is 6.55. The van der Waals surface area contributed by atoms with Crippen molar-refractivity contribution in [1.82, 2.24) is 4.98 Å². The van der Waals surface area contributed by atoms with Gasteiger partial charge < -0.3 is 10.0 Å². The van der Waals surface area contributed by atoms with Gasteiger partial charge in [-0.3, -0.25) is 9.78 Å². The Bertz CT molecular complexity index is 768. The zero-order valence-electron chi connectivity index (χ0n) is 11.4. The standard InChI is InChI=1S/C15H13N3O2S/c1-9-7-11-12(19)15(20)4-6-18(10-3-2-5-16-8-10)14(15)17-13(11)21-9/h2-3,5,7-8,20H,4,6H2,1H3. The molecule has 0 aliphatic carbocycles. The van der Waals surface area contributed by atoms with Gasteiger partial charge in [0.1, 0.15) is 5.00 Å². The molecule has 21 heavy (non-hydrogen) atoms. The van der Waals surface area contributed by atoms with Crippen molar-refractivity contribution in [2.24, 2.45) is 4.99 Å². The minimum Gasteiger partial charge on any atom is -0.374 e. The average Bonchev–Trinajstić information content (AvgIpc) is 3.02. The number of ketones is 1. The molecule has 1 fully saturated rings. The highest BCUT2D eigenvalue weighted by Crippen LogP contribution is 2.42.